The van der Waals surface area contributed by atoms with E-state index < -0.39 is 0 Å². The third-order valence-electron chi connectivity index (χ3n) is 3.29. The first kappa shape index (κ1) is 13.5. The van der Waals surface area contributed by atoms with Gasteiger partial charge in [-0.2, -0.15) is 0 Å². The van der Waals surface area contributed by atoms with Gasteiger partial charge in [0.1, 0.15) is 5.82 Å². The summed E-state index contributed by atoms with van der Waals surface area (Å²) in [5, 5.41) is 3.98. The zero-order chi connectivity index (χ0) is 14.1. The van der Waals surface area contributed by atoms with Crippen molar-refractivity contribution in [3.05, 3.63) is 69.1 Å². The highest BCUT2D eigenvalue weighted by Crippen LogP contribution is 2.36. The van der Waals surface area contributed by atoms with Crippen LogP contribution >= 0.6 is 22.9 Å². The number of hydrogen-bond donors (Lipinski definition) is 2. The van der Waals surface area contributed by atoms with Gasteiger partial charge in [0, 0.05) is 10.3 Å². The van der Waals surface area contributed by atoms with Crippen LogP contribution in [-0.2, 0) is 0 Å². The van der Waals surface area contributed by atoms with Crippen LogP contribution in [0.3, 0.4) is 0 Å². The molecule has 0 fully saturated rings. The third kappa shape index (κ3) is 2.21. The molecular weight excluding hydrogens is 295 g/mol. The number of benzene rings is 2. The van der Waals surface area contributed by atoms with Crippen molar-refractivity contribution in [3.8, 4) is 0 Å². The Hall–Kier alpha value is -1.46. The molecule has 0 spiro atoms. The van der Waals surface area contributed by atoms with Gasteiger partial charge in [0.05, 0.1) is 11.1 Å². The fraction of sp³-hybridized carbons (Fsp3) is 0.0667. The second kappa shape index (κ2) is 5.50. The lowest BCUT2D eigenvalue weighted by Crippen LogP contribution is -2.28. The lowest BCUT2D eigenvalue weighted by molar-refractivity contribution is 0.631. The quantitative estimate of drug-likeness (QED) is 0.561. The molecule has 0 amide bonds. The minimum absolute atomic E-state index is 0.239. The van der Waals surface area contributed by atoms with Gasteiger partial charge in [-0.15, -0.1) is 11.3 Å². The Balaban J connectivity index is 2.23. The van der Waals surface area contributed by atoms with E-state index in [4.69, 9.17) is 17.4 Å². The maximum atomic E-state index is 13.9. The Morgan fingerprint density at radius 1 is 1.10 bits per heavy atom. The Kier molecular flexibility index (Phi) is 3.72. The molecule has 1 atom stereocenters. The number of nitrogens with one attached hydrogen (secondary N) is 1. The number of hydrazine groups is 1. The smallest absolute Gasteiger partial charge is 0.131 e. The second-order valence-corrected chi connectivity index (χ2v) is 5.77. The summed E-state index contributed by atoms with van der Waals surface area (Å²) in [5.74, 6) is 5.46. The zero-order valence-electron chi connectivity index (χ0n) is 10.4. The van der Waals surface area contributed by atoms with Crippen LogP contribution in [-0.4, -0.2) is 0 Å². The monoisotopic (exact) mass is 306 g/mol. The molecule has 1 aromatic heterocycles. The molecule has 102 valence electrons. The molecule has 0 aliphatic carbocycles. The molecule has 0 aliphatic heterocycles. The third-order valence-corrected chi connectivity index (χ3v) is 4.71. The van der Waals surface area contributed by atoms with Crippen LogP contribution in [0.5, 0.6) is 0 Å². The van der Waals surface area contributed by atoms with Gasteiger partial charge in [-0.3, -0.25) is 5.84 Å². The highest BCUT2D eigenvalue weighted by atomic mass is 35.5. The number of thiophene rings is 1. The summed E-state index contributed by atoms with van der Waals surface area (Å²) < 4.78 is 13.9. The van der Waals surface area contributed by atoms with Crippen LogP contribution in [0.25, 0.3) is 10.8 Å². The van der Waals surface area contributed by atoms with Crippen molar-refractivity contribution in [2.45, 2.75) is 6.04 Å². The Labute approximate surface area is 125 Å². The fourth-order valence-electron chi connectivity index (χ4n) is 2.36. The van der Waals surface area contributed by atoms with Gasteiger partial charge < -0.3 is 0 Å². The summed E-state index contributed by atoms with van der Waals surface area (Å²) in [5.41, 5.74) is 3.69. The largest absolute Gasteiger partial charge is 0.271 e. The Morgan fingerprint density at radius 2 is 1.85 bits per heavy atom. The first-order valence-electron chi connectivity index (χ1n) is 6.08. The second-order valence-electron chi connectivity index (χ2n) is 4.41. The number of halogens is 2. The van der Waals surface area contributed by atoms with E-state index in [0.29, 0.717) is 10.4 Å². The zero-order valence-corrected chi connectivity index (χ0v) is 12.0. The molecule has 1 heterocycles. The van der Waals surface area contributed by atoms with Gasteiger partial charge >= 0.3 is 0 Å². The van der Waals surface area contributed by atoms with E-state index in [9.17, 15) is 4.39 Å². The summed E-state index contributed by atoms with van der Waals surface area (Å²) >= 11 is 7.71. The molecule has 0 radical (unpaired) electrons. The molecule has 20 heavy (non-hydrogen) atoms. The van der Waals surface area contributed by atoms with E-state index in [0.717, 1.165) is 15.8 Å². The maximum Gasteiger partial charge on any atom is 0.131 e. The van der Waals surface area contributed by atoms with E-state index in [2.05, 4.69) is 5.43 Å². The molecule has 0 aliphatic rings. The van der Waals surface area contributed by atoms with Gasteiger partial charge in [0.25, 0.3) is 0 Å². The molecule has 0 saturated carbocycles. The van der Waals surface area contributed by atoms with Crippen LogP contribution in [0, 0.1) is 5.82 Å². The molecule has 3 aromatic rings. The number of fused-ring (bicyclic) bond motifs is 1. The predicted octanol–water partition coefficient (Wildman–Crippen LogP) is 4.25. The minimum atomic E-state index is -0.256. The molecular formula is C15H12ClFN2S. The molecule has 2 aromatic carbocycles. The van der Waals surface area contributed by atoms with E-state index in [1.165, 1.54) is 17.4 Å². The van der Waals surface area contributed by atoms with Crippen molar-refractivity contribution in [1.82, 2.24) is 5.43 Å². The summed E-state index contributed by atoms with van der Waals surface area (Å²) in [6, 6.07) is 12.1. The topological polar surface area (TPSA) is 38.0 Å². The highest BCUT2D eigenvalue weighted by Gasteiger charge is 2.20. The number of nitrogens with two attached hydrogens (primary N) is 1. The summed E-state index contributed by atoms with van der Waals surface area (Å²) in [7, 11) is 0. The minimum Gasteiger partial charge on any atom is -0.271 e. The maximum absolute atomic E-state index is 13.9. The van der Waals surface area contributed by atoms with Crippen molar-refractivity contribution in [1.29, 1.82) is 0 Å². The highest BCUT2D eigenvalue weighted by molar-refractivity contribution is 7.10. The molecule has 0 bridgehead atoms. The standard InChI is InChI=1S/C15H12ClFN2S/c16-12-7-8-20-15(12)14(19-18)11-5-6-13(17)10-4-2-1-3-9(10)11/h1-8,14,19H,18H2. The van der Waals surface area contributed by atoms with Gasteiger partial charge in [0.15, 0.2) is 0 Å². The van der Waals surface area contributed by atoms with Crippen molar-refractivity contribution in [3.63, 3.8) is 0 Å². The summed E-state index contributed by atoms with van der Waals surface area (Å²) in [6.45, 7) is 0. The number of hydrogen-bond acceptors (Lipinski definition) is 3. The molecule has 5 heteroatoms. The van der Waals surface area contributed by atoms with Crippen LogP contribution < -0.4 is 11.3 Å². The van der Waals surface area contributed by atoms with Crippen molar-refractivity contribution < 1.29 is 4.39 Å². The lowest BCUT2D eigenvalue weighted by atomic mass is 9.98. The van der Waals surface area contributed by atoms with E-state index in [1.807, 2.05) is 29.6 Å². The average molecular weight is 307 g/mol. The Morgan fingerprint density at radius 3 is 2.50 bits per heavy atom. The Bertz CT molecular complexity index is 756. The average Bonchev–Trinajstić information content (AvgIpc) is 2.89. The first-order chi connectivity index (χ1) is 9.72. The summed E-state index contributed by atoms with van der Waals surface area (Å²) in [6.07, 6.45) is 0. The molecule has 2 nitrogen and oxygen atoms in total. The normalized spacial score (nSPS) is 12.8. The fourth-order valence-corrected chi connectivity index (χ4v) is 3.60. The van der Waals surface area contributed by atoms with Gasteiger partial charge in [0.2, 0.25) is 0 Å². The van der Waals surface area contributed by atoms with Crippen molar-refractivity contribution >= 4 is 33.7 Å². The van der Waals surface area contributed by atoms with Crippen molar-refractivity contribution in [2.24, 2.45) is 5.84 Å². The van der Waals surface area contributed by atoms with Gasteiger partial charge in [-0.05, 0) is 28.5 Å². The van der Waals surface area contributed by atoms with E-state index in [-0.39, 0.29) is 11.9 Å². The van der Waals surface area contributed by atoms with Gasteiger partial charge in [-0.1, -0.05) is 41.9 Å². The van der Waals surface area contributed by atoms with Crippen molar-refractivity contribution in [2.75, 3.05) is 0 Å². The van der Waals surface area contributed by atoms with E-state index >= 15 is 0 Å². The van der Waals surface area contributed by atoms with E-state index in [1.54, 1.807) is 12.1 Å². The van der Waals surface area contributed by atoms with Gasteiger partial charge in [-0.25, -0.2) is 9.82 Å². The SMILES string of the molecule is NNC(c1sccc1Cl)c1ccc(F)c2ccccc12. The number of rotatable bonds is 3. The van der Waals surface area contributed by atoms with Crippen LogP contribution in [0.15, 0.2) is 47.8 Å². The summed E-state index contributed by atoms with van der Waals surface area (Å²) in [4.78, 5) is 0.922. The molecule has 3 rings (SSSR count). The predicted molar refractivity (Wildman–Crippen MR) is 82.4 cm³/mol. The van der Waals surface area contributed by atoms with Crippen LogP contribution in [0.2, 0.25) is 5.02 Å². The van der Waals surface area contributed by atoms with Crippen LogP contribution in [0.1, 0.15) is 16.5 Å². The van der Waals surface area contributed by atoms with Crippen LogP contribution in [0.4, 0.5) is 4.39 Å². The lowest BCUT2D eigenvalue weighted by Gasteiger charge is -2.18. The molecule has 1 unspecified atom stereocenters. The molecule has 0 saturated heterocycles. The molecule has 3 N–H and O–H groups in total. The first-order valence-corrected chi connectivity index (χ1v) is 7.34.